The van der Waals surface area contributed by atoms with Crippen LogP contribution in [0.1, 0.15) is 38.3 Å². The Hall–Kier alpha value is -6.52. The summed E-state index contributed by atoms with van der Waals surface area (Å²) in [5, 5.41) is 13.5. The number of carbonyl (C=O) groups excluding carboxylic acids is 1. The van der Waals surface area contributed by atoms with Gasteiger partial charge in [-0.3, -0.25) is 4.79 Å². The van der Waals surface area contributed by atoms with Gasteiger partial charge in [-0.05, 0) is 50.4 Å². The van der Waals surface area contributed by atoms with Gasteiger partial charge in [0.1, 0.15) is 11.4 Å². The quantitative estimate of drug-likeness (QED) is 0.105. The Labute approximate surface area is 299 Å². The van der Waals surface area contributed by atoms with Gasteiger partial charge in [-0.25, -0.2) is 13.9 Å². The van der Waals surface area contributed by atoms with E-state index in [0.29, 0.717) is 28.2 Å². The second-order valence-corrected chi connectivity index (χ2v) is 12.2. The number of benzene rings is 5. The number of rotatable bonds is 11. The maximum atomic E-state index is 16.1. The summed E-state index contributed by atoms with van der Waals surface area (Å²) in [6.07, 6.45) is 0. The lowest BCUT2D eigenvalue weighted by Crippen LogP contribution is -2.39. The molecule has 0 fully saturated rings. The molecule has 10 heteroatoms. The second-order valence-electron chi connectivity index (χ2n) is 12.2. The first-order valence-electron chi connectivity index (χ1n) is 16.6. The lowest BCUT2D eigenvalue weighted by Gasteiger charge is -2.36. The van der Waals surface area contributed by atoms with Crippen LogP contribution in [0.15, 0.2) is 150 Å². The van der Waals surface area contributed by atoms with Crippen molar-refractivity contribution in [1.82, 2.24) is 24.8 Å². The van der Waals surface area contributed by atoms with Crippen LogP contribution in [-0.4, -0.2) is 45.0 Å². The number of ether oxygens (including phenoxy) is 2. The number of hydrogen-bond donors (Lipinski definition) is 0. The summed E-state index contributed by atoms with van der Waals surface area (Å²) in [4.78, 5) is 25.3. The molecule has 258 valence electrons. The first-order valence-corrected chi connectivity index (χ1v) is 16.6. The van der Waals surface area contributed by atoms with Crippen LogP contribution in [0.25, 0.3) is 22.5 Å². The van der Waals surface area contributed by atoms with Gasteiger partial charge in [0.2, 0.25) is 0 Å². The third-order valence-electron chi connectivity index (χ3n) is 9.15. The van der Waals surface area contributed by atoms with E-state index in [1.807, 2.05) is 89.6 Å². The Kier molecular flexibility index (Phi) is 9.64. The average molecular weight is 692 g/mol. The molecule has 52 heavy (non-hydrogen) atoms. The molecule has 5 aromatic carbocycles. The summed E-state index contributed by atoms with van der Waals surface area (Å²) in [5.41, 5.74) is 4.22. The number of tetrazole rings is 1. The zero-order chi connectivity index (χ0) is 36.1. The molecule has 0 aliphatic heterocycles. The normalized spacial score (nSPS) is 11.4. The molecule has 0 N–H and O–H groups in total. The van der Waals surface area contributed by atoms with Crippen LogP contribution < -0.4 is 5.56 Å². The van der Waals surface area contributed by atoms with Crippen molar-refractivity contribution in [2.75, 3.05) is 14.2 Å². The lowest BCUT2D eigenvalue weighted by molar-refractivity contribution is 0.0599. The smallest absolute Gasteiger partial charge is 0.338 e. The van der Waals surface area contributed by atoms with Gasteiger partial charge in [0.25, 0.3) is 5.56 Å². The molecule has 2 aromatic heterocycles. The third-order valence-corrected chi connectivity index (χ3v) is 9.15. The minimum absolute atomic E-state index is 0.0400. The van der Waals surface area contributed by atoms with E-state index in [0.717, 1.165) is 16.7 Å². The van der Waals surface area contributed by atoms with Crippen LogP contribution in [0, 0.1) is 5.82 Å². The molecule has 0 saturated carbocycles. The van der Waals surface area contributed by atoms with Gasteiger partial charge in [-0.2, -0.15) is 0 Å². The molecule has 7 rings (SSSR count). The van der Waals surface area contributed by atoms with E-state index in [-0.39, 0.29) is 24.3 Å². The molecule has 0 aliphatic carbocycles. The standard InChI is InChI=1S/C42H34FN5O4/c1-51-28-35-24-31(41(50)52-2)26-39(49)47(35)27-30-23-22-29(25-38(30)43)36-20-12-13-21-37(36)40-44-45-46-48(40)42(32-14-6-3-7-15-32,33-16-8-4-9-17-33)34-18-10-5-11-19-34/h3-26H,27-28H2,1-2H3. The van der Waals surface area contributed by atoms with E-state index >= 15 is 4.39 Å². The number of pyridine rings is 1. The molecule has 0 saturated heterocycles. The fourth-order valence-corrected chi connectivity index (χ4v) is 6.76. The monoisotopic (exact) mass is 691 g/mol. The van der Waals surface area contributed by atoms with Crippen molar-refractivity contribution in [2.24, 2.45) is 0 Å². The predicted octanol–water partition coefficient (Wildman–Crippen LogP) is 7.13. The topological polar surface area (TPSA) is 101 Å². The highest BCUT2D eigenvalue weighted by atomic mass is 19.1. The van der Waals surface area contributed by atoms with Crippen molar-refractivity contribution < 1.29 is 18.7 Å². The summed E-state index contributed by atoms with van der Waals surface area (Å²) in [5.74, 6) is -0.667. The van der Waals surface area contributed by atoms with Crippen LogP contribution in [0.3, 0.4) is 0 Å². The summed E-state index contributed by atoms with van der Waals surface area (Å²) < 4.78 is 29.4. The first kappa shape index (κ1) is 34.0. The molecule has 0 unspecified atom stereocenters. The van der Waals surface area contributed by atoms with Gasteiger partial charge in [0.15, 0.2) is 5.82 Å². The number of carbonyl (C=O) groups is 1. The number of nitrogens with zero attached hydrogens (tertiary/aromatic N) is 5. The van der Waals surface area contributed by atoms with Crippen molar-refractivity contribution in [3.05, 3.63) is 195 Å². The van der Waals surface area contributed by atoms with Gasteiger partial charge >= 0.3 is 5.97 Å². The Morgan fingerprint density at radius 1 is 0.731 bits per heavy atom. The Bertz CT molecular complexity index is 2300. The molecule has 0 atom stereocenters. The van der Waals surface area contributed by atoms with Crippen LogP contribution in [0.4, 0.5) is 4.39 Å². The Morgan fingerprint density at radius 3 is 1.87 bits per heavy atom. The minimum atomic E-state index is -0.971. The lowest BCUT2D eigenvalue weighted by atomic mass is 9.77. The number of esters is 1. The van der Waals surface area contributed by atoms with Crippen LogP contribution >= 0.6 is 0 Å². The molecule has 0 radical (unpaired) electrons. The maximum Gasteiger partial charge on any atom is 0.338 e. The van der Waals surface area contributed by atoms with Crippen molar-refractivity contribution in [3.63, 3.8) is 0 Å². The van der Waals surface area contributed by atoms with Gasteiger partial charge in [0, 0.05) is 30.0 Å². The van der Waals surface area contributed by atoms with Crippen LogP contribution in [-0.2, 0) is 28.2 Å². The predicted molar refractivity (Wildman–Crippen MR) is 195 cm³/mol. The summed E-state index contributed by atoms with van der Waals surface area (Å²) >= 11 is 0. The van der Waals surface area contributed by atoms with E-state index in [2.05, 4.69) is 51.9 Å². The van der Waals surface area contributed by atoms with Crippen molar-refractivity contribution in [3.8, 4) is 22.5 Å². The number of aromatic nitrogens is 5. The maximum absolute atomic E-state index is 16.1. The first-order chi connectivity index (χ1) is 25.4. The van der Waals surface area contributed by atoms with Crippen molar-refractivity contribution in [1.29, 1.82) is 0 Å². The van der Waals surface area contributed by atoms with Crippen LogP contribution in [0.5, 0.6) is 0 Å². The molecule has 9 nitrogen and oxygen atoms in total. The Balaban J connectivity index is 1.35. The van der Waals surface area contributed by atoms with E-state index in [4.69, 9.17) is 9.47 Å². The molecule has 7 aromatic rings. The second kappa shape index (κ2) is 14.8. The largest absolute Gasteiger partial charge is 0.465 e. The van der Waals surface area contributed by atoms with E-state index in [9.17, 15) is 9.59 Å². The van der Waals surface area contributed by atoms with Gasteiger partial charge in [-0.1, -0.05) is 127 Å². The molecule has 0 aliphatic rings. The fourth-order valence-electron chi connectivity index (χ4n) is 6.76. The molecule has 0 amide bonds. The van der Waals surface area contributed by atoms with Crippen molar-refractivity contribution in [2.45, 2.75) is 18.7 Å². The third kappa shape index (κ3) is 6.20. The van der Waals surface area contributed by atoms with E-state index in [1.165, 1.54) is 37.0 Å². The SMILES string of the molecule is COCc1cc(C(=O)OC)cc(=O)n1Cc1ccc(-c2ccccc2-c2nnnn2C(c2ccccc2)(c2ccccc2)c2ccccc2)cc1F. The number of hydrogen-bond acceptors (Lipinski definition) is 7. The summed E-state index contributed by atoms with van der Waals surface area (Å²) in [6, 6.07) is 45.6. The molecule has 0 bridgehead atoms. The molecule has 0 spiro atoms. The fraction of sp³-hybridized carbons (Fsp3) is 0.119. The highest BCUT2D eigenvalue weighted by Crippen LogP contribution is 2.43. The highest BCUT2D eigenvalue weighted by molar-refractivity contribution is 5.89. The molecular weight excluding hydrogens is 657 g/mol. The van der Waals surface area contributed by atoms with Crippen molar-refractivity contribution >= 4 is 5.97 Å². The van der Waals surface area contributed by atoms with Gasteiger partial charge in [-0.15, -0.1) is 5.10 Å². The highest BCUT2D eigenvalue weighted by Gasteiger charge is 2.42. The zero-order valence-corrected chi connectivity index (χ0v) is 28.5. The Morgan fingerprint density at radius 2 is 1.31 bits per heavy atom. The number of methoxy groups -OCH3 is 2. The van der Waals surface area contributed by atoms with Gasteiger partial charge < -0.3 is 14.0 Å². The average Bonchev–Trinajstić information content (AvgIpc) is 3.68. The minimum Gasteiger partial charge on any atom is -0.465 e. The molecular formula is C42H34FN5O4. The summed E-state index contributed by atoms with van der Waals surface area (Å²) in [7, 11) is 2.72. The van der Waals surface area contributed by atoms with Gasteiger partial charge in [0.05, 0.1) is 25.8 Å². The zero-order valence-electron chi connectivity index (χ0n) is 28.5. The van der Waals surface area contributed by atoms with E-state index in [1.54, 1.807) is 6.07 Å². The van der Waals surface area contributed by atoms with E-state index < -0.39 is 22.9 Å². The molecule has 2 heterocycles. The summed E-state index contributed by atoms with van der Waals surface area (Å²) in [6.45, 7) is -0.0307. The number of halogens is 1. The van der Waals surface area contributed by atoms with Crippen LogP contribution in [0.2, 0.25) is 0 Å².